The van der Waals surface area contributed by atoms with Gasteiger partial charge in [-0.1, -0.05) is 28.9 Å². The lowest BCUT2D eigenvalue weighted by Crippen LogP contribution is -1.94. The molecule has 0 radical (unpaired) electrons. The van der Waals surface area contributed by atoms with E-state index in [0.29, 0.717) is 11.1 Å². The molecule has 0 unspecified atom stereocenters. The van der Waals surface area contributed by atoms with E-state index >= 15 is 0 Å². The Kier molecular flexibility index (Phi) is 2.72. The van der Waals surface area contributed by atoms with Crippen molar-refractivity contribution >= 4 is 23.1 Å². The fourth-order valence-electron chi connectivity index (χ4n) is 1.55. The van der Waals surface area contributed by atoms with Crippen molar-refractivity contribution in [2.24, 2.45) is 0 Å². The van der Waals surface area contributed by atoms with Crippen LogP contribution in [-0.2, 0) is 0 Å². The molecule has 2 aromatic rings. The molecule has 7 heteroatoms. The summed E-state index contributed by atoms with van der Waals surface area (Å²) in [5.74, 6) is 0.133. The Morgan fingerprint density at radius 3 is 2.76 bits per heavy atom. The monoisotopic (exact) mass is 253 g/mol. The van der Waals surface area contributed by atoms with Gasteiger partial charge in [-0.2, -0.15) is 0 Å². The third kappa shape index (κ3) is 1.83. The Hall–Kier alpha value is -2.08. The van der Waals surface area contributed by atoms with Crippen molar-refractivity contribution in [1.82, 2.24) is 5.16 Å². The van der Waals surface area contributed by atoms with E-state index in [2.05, 4.69) is 5.16 Å². The number of nitrogens with two attached hydrogens (primary N) is 1. The lowest BCUT2D eigenvalue weighted by Gasteiger charge is -2.03. The average Bonchev–Trinajstić information content (AvgIpc) is 2.60. The molecule has 0 aliphatic rings. The van der Waals surface area contributed by atoms with Gasteiger partial charge in [0.2, 0.25) is 0 Å². The van der Waals surface area contributed by atoms with Gasteiger partial charge in [-0.3, -0.25) is 10.1 Å². The molecule has 2 rings (SSSR count). The first kappa shape index (κ1) is 11.4. The summed E-state index contributed by atoms with van der Waals surface area (Å²) in [6.07, 6.45) is 0. The van der Waals surface area contributed by atoms with Crippen molar-refractivity contribution in [3.8, 4) is 11.3 Å². The molecule has 0 aliphatic carbocycles. The lowest BCUT2D eigenvalue weighted by molar-refractivity contribution is -0.384. The van der Waals surface area contributed by atoms with Crippen LogP contribution < -0.4 is 5.73 Å². The van der Waals surface area contributed by atoms with Gasteiger partial charge in [0, 0.05) is 6.07 Å². The summed E-state index contributed by atoms with van der Waals surface area (Å²) in [6.45, 7) is 1.72. The normalized spacial score (nSPS) is 10.5. The fourth-order valence-corrected chi connectivity index (χ4v) is 1.71. The predicted octanol–water partition coefficient (Wildman–Crippen LogP) is 2.79. The molecule has 1 heterocycles. The van der Waals surface area contributed by atoms with Crippen LogP contribution in [0.15, 0.2) is 22.7 Å². The molecule has 0 saturated heterocycles. The number of rotatable bonds is 2. The first-order chi connectivity index (χ1) is 8.02. The summed E-state index contributed by atoms with van der Waals surface area (Å²) in [4.78, 5) is 10.4. The van der Waals surface area contributed by atoms with Gasteiger partial charge in [0.25, 0.3) is 5.69 Å². The van der Waals surface area contributed by atoms with E-state index in [1.165, 1.54) is 6.07 Å². The highest BCUT2D eigenvalue weighted by molar-refractivity contribution is 6.35. The summed E-state index contributed by atoms with van der Waals surface area (Å²) in [5.41, 5.74) is 6.32. The highest BCUT2D eigenvalue weighted by Crippen LogP contribution is 2.39. The van der Waals surface area contributed by atoms with Gasteiger partial charge in [0.05, 0.1) is 4.92 Å². The number of aryl methyl sites for hydroxylation is 1. The second kappa shape index (κ2) is 4.06. The number of aromatic nitrogens is 1. The molecule has 0 fully saturated rings. The van der Waals surface area contributed by atoms with Crippen LogP contribution in [-0.4, -0.2) is 10.1 Å². The van der Waals surface area contributed by atoms with Crippen LogP contribution in [0.2, 0.25) is 5.02 Å². The number of nitro groups is 1. The fraction of sp³-hybridized carbons (Fsp3) is 0.100. The van der Waals surface area contributed by atoms with Gasteiger partial charge in [-0.05, 0) is 12.5 Å². The summed E-state index contributed by atoms with van der Waals surface area (Å²) in [5, 5.41) is 14.5. The Morgan fingerprint density at radius 2 is 2.24 bits per heavy atom. The standard InChI is InChI=1S/C10H8ClN3O3/c1-5-3-2-4-6(14(15)16)7(5)9-8(11)10(12)13-17-9/h2-4H,1H3,(H2,12,13). The van der Waals surface area contributed by atoms with Crippen LogP contribution in [0.5, 0.6) is 0 Å². The van der Waals surface area contributed by atoms with Crippen molar-refractivity contribution in [3.05, 3.63) is 38.9 Å². The quantitative estimate of drug-likeness (QED) is 0.656. The molecule has 0 amide bonds. The second-order valence-corrected chi connectivity index (χ2v) is 3.82. The summed E-state index contributed by atoms with van der Waals surface area (Å²) >= 11 is 5.89. The maximum Gasteiger partial charge on any atom is 0.280 e. The zero-order chi connectivity index (χ0) is 12.6. The SMILES string of the molecule is Cc1cccc([N+](=O)[O-])c1-c1onc(N)c1Cl. The van der Waals surface area contributed by atoms with E-state index in [1.807, 2.05) is 0 Å². The Labute approximate surface area is 101 Å². The molecule has 0 atom stereocenters. The third-order valence-corrected chi connectivity index (χ3v) is 2.70. The number of halogens is 1. The minimum absolute atomic E-state index is 0.0132. The van der Waals surface area contributed by atoms with E-state index in [4.69, 9.17) is 21.9 Å². The Morgan fingerprint density at radius 1 is 1.53 bits per heavy atom. The lowest BCUT2D eigenvalue weighted by atomic mass is 10.0. The molecule has 0 saturated carbocycles. The zero-order valence-corrected chi connectivity index (χ0v) is 9.56. The molecular weight excluding hydrogens is 246 g/mol. The molecule has 17 heavy (non-hydrogen) atoms. The Balaban J connectivity index is 2.74. The smallest absolute Gasteiger partial charge is 0.280 e. The van der Waals surface area contributed by atoms with Crippen molar-refractivity contribution in [3.63, 3.8) is 0 Å². The summed E-state index contributed by atoms with van der Waals surface area (Å²) in [7, 11) is 0. The first-order valence-corrected chi connectivity index (χ1v) is 5.05. The molecule has 88 valence electrons. The molecular formula is C10H8ClN3O3. The van der Waals surface area contributed by atoms with Crippen molar-refractivity contribution in [1.29, 1.82) is 0 Å². The second-order valence-electron chi connectivity index (χ2n) is 3.44. The first-order valence-electron chi connectivity index (χ1n) is 4.67. The largest absolute Gasteiger partial charge is 0.380 e. The van der Waals surface area contributed by atoms with Gasteiger partial charge < -0.3 is 10.3 Å². The molecule has 0 spiro atoms. The van der Waals surface area contributed by atoms with Gasteiger partial charge in [-0.15, -0.1) is 0 Å². The number of nitrogens with zero attached hydrogens (tertiary/aromatic N) is 2. The van der Waals surface area contributed by atoms with Gasteiger partial charge in [0.15, 0.2) is 11.6 Å². The van der Waals surface area contributed by atoms with Crippen molar-refractivity contribution in [2.45, 2.75) is 6.92 Å². The van der Waals surface area contributed by atoms with Gasteiger partial charge in [0.1, 0.15) is 10.6 Å². The number of benzene rings is 1. The van der Waals surface area contributed by atoms with Gasteiger partial charge in [-0.25, -0.2) is 0 Å². The zero-order valence-electron chi connectivity index (χ0n) is 8.81. The molecule has 1 aromatic carbocycles. The highest BCUT2D eigenvalue weighted by Gasteiger charge is 2.24. The van der Waals surface area contributed by atoms with Crippen LogP contribution in [0.4, 0.5) is 11.5 Å². The highest BCUT2D eigenvalue weighted by atomic mass is 35.5. The van der Waals surface area contributed by atoms with Crippen LogP contribution in [0.25, 0.3) is 11.3 Å². The number of hydrogen-bond acceptors (Lipinski definition) is 5. The maximum atomic E-state index is 10.9. The molecule has 0 bridgehead atoms. The summed E-state index contributed by atoms with van der Waals surface area (Å²) in [6, 6.07) is 4.68. The topological polar surface area (TPSA) is 95.2 Å². The van der Waals surface area contributed by atoms with Crippen LogP contribution in [0, 0.1) is 17.0 Å². The van der Waals surface area contributed by atoms with Crippen LogP contribution >= 0.6 is 11.6 Å². The minimum Gasteiger partial charge on any atom is -0.380 e. The average molecular weight is 254 g/mol. The van der Waals surface area contributed by atoms with E-state index < -0.39 is 4.92 Å². The van der Waals surface area contributed by atoms with Crippen molar-refractivity contribution < 1.29 is 9.45 Å². The van der Waals surface area contributed by atoms with Crippen LogP contribution in [0.3, 0.4) is 0 Å². The van der Waals surface area contributed by atoms with E-state index in [9.17, 15) is 10.1 Å². The minimum atomic E-state index is -0.503. The van der Waals surface area contributed by atoms with E-state index in [0.717, 1.165) is 0 Å². The Bertz CT molecular complexity index is 594. The van der Waals surface area contributed by atoms with E-state index in [1.54, 1.807) is 19.1 Å². The van der Waals surface area contributed by atoms with E-state index in [-0.39, 0.29) is 22.3 Å². The van der Waals surface area contributed by atoms with Crippen LogP contribution in [0.1, 0.15) is 5.56 Å². The predicted molar refractivity (Wildman–Crippen MR) is 62.8 cm³/mol. The number of nitrogen functional groups attached to an aromatic ring is 1. The molecule has 0 aliphatic heterocycles. The molecule has 6 nitrogen and oxygen atoms in total. The van der Waals surface area contributed by atoms with Gasteiger partial charge >= 0.3 is 0 Å². The number of hydrogen-bond donors (Lipinski definition) is 1. The third-order valence-electron chi connectivity index (χ3n) is 2.33. The molecule has 2 N–H and O–H groups in total. The van der Waals surface area contributed by atoms with Crippen molar-refractivity contribution in [2.75, 3.05) is 5.73 Å². The molecule has 1 aromatic heterocycles. The number of nitro benzene ring substituents is 1. The number of anilines is 1. The summed E-state index contributed by atoms with van der Waals surface area (Å²) < 4.78 is 4.94. The maximum absolute atomic E-state index is 10.9.